The van der Waals surface area contributed by atoms with Crippen molar-refractivity contribution in [1.29, 1.82) is 0 Å². The number of methoxy groups -OCH3 is 2. The number of fused-ring (bicyclic) bond motifs is 1. The van der Waals surface area contributed by atoms with E-state index in [4.69, 9.17) is 9.47 Å². The summed E-state index contributed by atoms with van der Waals surface area (Å²) in [7, 11) is 3.29. The zero-order valence-electron chi connectivity index (χ0n) is 19.0. The van der Waals surface area contributed by atoms with Crippen LogP contribution in [0.1, 0.15) is 56.6 Å². The molecule has 2 N–H and O–H groups in total. The number of amides is 1. The smallest absolute Gasteiger partial charge is 0.222 e. The standard InChI is InChI=1S/C23H36N4O3.HI/c1-4-24-23(26-19-8-5-6-9-19)25-12-7-10-22(28)27-13-11-17-14-20(29-2)21(30-3)15-18(17)16-27;/h14-15,19H,4-13,16H2,1-3H3,(H2,24,25,26);1H. The van der Waals surface area contributed by atoms with Crippen LogP contribution in [0.3, 0.4) is 0 Å². The first kappa shape index (κ1) is 25.5. The fraction of sp³-hybridized carbons (Fsp3) is 0.652. The third kappa shape index (κ3) is 7.15. The highest BCUT2D eigenvalue weighted by molar-refractivity contribution is 14.0. The van der Waals surface area contributed by atoms with E-state index in [0.29, 0.717) is 31.3 Å². The number of nitrogens with zero attached hydrogens (tertiary/aromatic N) is 2. The first-order valence-corrected chi connectivity index (χ1v) is 11.2. The van der Waals surface area contributed by atoms with E-state index in [9.17, 15) is 4.79 Å². The number of hydrogen-bond acceptors (Lipinski definition) is 4. The molecule has 1 aromatic carbocycles. The number of aliphatic imine (C=N–C) groups is 1. The van der Waals surface area contributed by atoms with Gasteiger partial charge < -0.3 is 25.0 Å². The Labute approximate surface area is 203 Å². The normalized spacial score (nSPS) is 16.4. The lowest BCUT2D eigenvalue weighted by molar-refractivity contribution is -0.132. The van der Waals surface area contributed by atoms with Crippen molar-refractivity contribution in [3.05, 3.63) is 23.3 Å². The lowest BCUT2D eigenvalue weighted by Gasteiger charge is -2.29. The molecule has 0 spiro atoms. The van der Waals surface area contributed by atoms with Crippen LogP contribution in [0.5, 0.6) is 11.5 Å². The maximum Gasteiger partial charge on any atom is 0.222 e. The number of halogens is 1. The van der Waals surface area contributed by atoms with Gasteiger partial charge in [0, 0.05) is 38.6 Å². The van der Waals surface area contributed by atoms with Crippen molar-refractivity contribution in [3.8, 4) is 11.5 Å². The summed E-state index contributed by atoms with van der Waals surface area (Å²) < 4.78 is 10.8. The van der Waals surface area contributed by atoms with Crippen LogP contribution in [0.4, 0.5) is 0 Å². The van der Waals surface area contributed by atoms with Gasteiger partial charge in [-0.15, -0.1) is 24.0 Å². The lowest BCUT2D eigenvalue weighted by Crippen LogP contribution is -2.42. The summed E-state index contributed by atoms with van der Waals surface area (Å²) in [5.74, 6) is 2.53. The molecule has 8 heteroatoms. The molecule has 0 bridgehead atoms. The minimum Gasteiger partial charge on any atom is -0.493 e. The Morgan fingerprint density at radius 3 is 2.48 bits per heavy atom. The van der Waals surface area contributed by atoms with Gasteiger partial charge in [-0.25, -0.2) is 0 Å². The fourth-order valence-corrected chi connectivity index (χ4v) is 4.26. The van der Waals surface area contributed by atoms with Crippen LogP contribution in [0.15, 0.2) is 17.1 Å². The summed E-state index contributed by atoms with van der Waals surface area (Å²) >= 11 is 0. The number of carbonyl (C=O) groups is 1. The lowest BCUT2D eigenvalue weighted by atomic mass is 9.98. The SMILES string of the molecule is CCNC(=NCCCC(=O)N1CCc2cc(OC)c(OC)cc2C1)NC1CCCC1.I. The summed E-state index contributed by atoms with van der Waals surface area (Å²) in [5, 5.41) is 6.83. The largest absolute Gasteiger partial charge is 0.493 e. The molecule has 1 amide bonds. The number of hydrogen-bond donors (Lipinski definition) is 2. The zero-order chi connectivity index (χ0) is 21.3. The molecule has 0 unspecified atom stereocenters. The van der Waals surface area contributed by atoms with Crippen LogP contribution in [-0.2, 0) is 17.8 Å². The number of rotatable bonds is 8. The molecule has 0 saturated heterocycles. The van der Waals surface area contributed by atoms with Crippen LogP contribution in [-0.4, -0.2) is 56.7 Å². The Bertz CT molecular complexity index is 751. The quantitative estimate of drug-likeness (QED) is 0.227. The first-order valence-electron chi connectivity index (χ1n) is 11.2. The summed E-state index contributed by atoms with van der Waals surface area (Å²) in [6.07, 6.45) is 7.15. The molecule has 1 aliphatic heterocycles. The van der Waals surface area contributed by atoms with Crippen LogP contribution in [0.25, 0.3) is 0 Å². The van der Waals surface area contributed by atoms with Crippen molar-refractivity contribution >= 4 is 35.8 Å². The van der Waals surface area contributed by atoms with Gasteiger partial charge in [0.15, 0.2) is 17.5 Å². The summed E-state index contributed by atoms with van der Waals surface area (Å²) in [6.45, 7) is 4.95. The second-order valence-electron chi connectivity index (χ2n) is 8.03. The Morgan fingerprint density at radius 2 is 1.84 bits per heavy atom. The molecule has 1 heterocycles. The molecule has 7 nitrogen and oxygen atoms in total. The van der Waals surface area contributed by atoms with Crippen molar-refractivity contribution in [2.24, 2.45) is 4.99 Å². The highest BCUT2D eigenvalue weighted by Gasteiger charge is 2.22. The number of benzene rings is 1. The van der Waals surface area contributed by atoms with Gasteiger partial charge in [-0.2, -0.15) is 0 Å². The third-order valence-electron chi connectivity index (χ3n) is 5.93. The minimum absolute atomic E-state index is 0. The second kappa shape index (κ2) is 13.0. The van der Waals surface area contributed by atoms with Gasteiger partial charge in [-0.05, 0) is 55.9 Å². The number of nitrogens with one attached hydrogen (secondary N) is 2. The summed E-state index contributed by atoms with van der Waals surface area (Å²) in [5.41, 5.74) is 2.37. The van der Waals surface area contributed by atoms with Gasteiger partial charge in [-0.1, -0.05) is 12.8 Å². The van der Waals surface area contributed by atoms with E-state index >= 15 is 0 Å². The average molecular weight is 544 g/mol. The molecule has 1 aliphatic carbocycles. The van der Waals surface area contributed by atoms with E-state index in [-0.39, 0.29) is 29.9 Å². The molecule has 1 saturated carbocycles. The van der Waals surface area contributed by atoms with Gasteiger partial charge in [0.1, 0.15) is 0 Å². The number of ether oxygens (including phenoxy) is 2. The van der Waals surface area contributed by atoms with Crippen molar-refractivity contribution in [2.75, 3.05) is 33.9 Å². The van der Waals surface area contributed by atoms with Crippen LogP contribution >= 0.6 is 24.0 Å². The Kier molecular flexibility index (Phi) is 10.7. The molecule has 1 fully saturated rings. The van der Waals surface area contributed by atoms with Crippen LogP contribution in [0.2, 0.25) is 0 Å². The van der Waals surface area contributed by atoms with E-state index < -0.39 is 0 Å². The van der Waals surface area contributed by atoms with Crippen LogP contribution < -0.4 is 20.1 Å². The van der Waals surface area contributed by atoms with E-state index in [1.54, 1.807) is 14.2 Å². The number of guanidine groups is 1. The maximum atomic E-state index is 12.7. The highest BCUT2D eigenvalue weighted by atomic mass is 127. The summed E-state index contributed by atoms with van der Waals surface area (Å²) in [4.78, 5) is 19.3. The van der Waals surface area contributed by atoms with Gasteiger partial charge in [0.2, 0.25) is 5.91 Å². The van der Waals surface area contributed by atoms with E-state index in [2.05, 4.69) is 22.5 Å². The highest BCUT2D eigenvalue weighted by Crippen LogP contribution is 2.33. The van der Waals surface area contributed by atoms with E-state index in [1.807, 2.05) is 17.0 Å². The predicted molar refractivity (Wildman–Crippen MR) is 135 cm³/mol. The van der Waals surface area contributed by atoms with E-state index in [0.717, 1.165) is 43.2 Å². The van der Waals surface area contributed by atoms with Gasteiger partial charge >= 0.3 is 0 Å². The van der Waals surface area contributed by atoms with Crippen molar-refractivity contribution in [1.82, 2.24) is 15.5 Å². The third-order valence-corrected chi connectivity index (χ3v) is 5.93. The van der Waals surface area contributed by atoms with Gasteiger partial charge in [0.25, 0.3) is 0 Å². The molecule has 1 aromatic rings. The molecular weight excluding hydrogens is 507 g/mol. The Hall–Kier alpha value is -1.71. The Morgan fingerprint density at radius 1 is 1.16 bits per heavy atom. The fourth-order valence-electron chi connectivity index (χ4n) is 4.26. The van der Waals surface area contributed by atoms with Gasteiger partial charge in [0.05, 0.1) is 14.2 Å². The maximum absolute atomic E-state index is 12.7. The predicted octanol–water partition coefficient (Wildman–Crippen LogP) is 3.48. The molecule has 3 rings (SSSR count). The topological polar surface area (TPSA) is 75.2 Å². The second-order valence-corrected chi connectivity index (χ2v) is 8.03. The van der Waals surface area contributed by atoms with Crippen molar-refractivity contribution in [3.63, 3.8) is 0 Å². The molecule has 0 aromatic heterocycles. The monoisotopic (exact) mass is 544 g/mol. The molecule has 31 heavy (non-hydrogen) atoms. The molecule has 2 aliphatic rings. The summed E-state index contributed by atoms with van der Waals surface area (Å²) in [6, 6.07) is 4.56. The van der Waals surface area contributed by atoms with E-state index in [1.165, 1.54) is 31.2 Å². The number of carbonyl (C=O) groups excluding carboxylic acids is 1. The Balaban J connectivity index is 0.00000341. The van der Waals surface area contributed by atoms with Crippen LogP contribution in [0, 0.1) is 0 Å². The molecule has 174 valence electrons. The van der Waals surface area contributed by atoms with Gasteiger partial charge in [-0.3, -0.25) is 9.79 Å². The average Bonchev–Trinajstić information content (AvgIpc) is 3.28. The molecular formula is C23H37IN4O3. The molecule has 0 radical (unpaired) electrons. The molecule has 0 atom stereocenters. The first-order chi connectivity index (χ1) is 14.6. The van der Waals surface area contributed by atoms with Crippen molar-refractivity contribution < 1.29 is 14.3 Å². The van der Waals surface area contributed by atoms with Crippen molar-refractivity contribution in [2.45, 2.75) is 64.5 Å². The minimum atomic E-state index is 0. The zero-order valence-corrected chi connectivity index (χ0v) is 21.4.